The van der Waals surface area contributed by atoms with Gasteiger partial charge in [-0.15, -0.1) is 11.8 Å². The van der Waals surface area contributed by atoms with Gasteiger partial charge < -0.3 is 4.74 Å². The second kappa shape index (κ2) is 3.66. The molecule has 1 aliphatic rings. The number of ether oxygens (including phenoxy) is 1. The van der Waals surface area contributed by atoms with Crippen molar-refractivity contribution in [3.05, 3.63) is 41.3 Å². The molecule has 13 heavy (non-hydrogen) atoms. The molecular formula is C10H8O2S. The number of cyclic esters (lactones) is 1. The van der Waals surface area contributed by atoms with Crippen LogP contribution in [0.25, 0.3) is 5.76 Å². The number of rotatable bonds is 1. The number of carbonyl (C=O) groups excluding carboxylic acids is 1. The van der Waals surface area contributed by atoms with E-state index in [0.717, 1.165) is 5.56 Å². The molecule has 0 saturated carbocycles. The molecule has 0 saturated heterocycles. The largest absolute Gasteiger partial charge is 0.425 e. The summed E-state index contributed by atoms with van der Waals surface area (Å²) in [5.74, 6) is 0.893. The Balaban J connectivity index is 2.27. The first kappa shape index (κ1) is 8.38. The molecule has 0 unspecified atom stereocenters. The van der Waals surface area contributed by atoms with E-state index in [1.807, 2.05) is 35.7 Å². The van der Waals surface area contributed by atoms with Gasteiger partial charge in [-0.05, 0) is 0 Å². The van der Waals surface area contributed by atoms with Gasteiger partial charge in [0.05, 0.1) is 5.75 Å². The minimum atomic E-state index is -0.175. The highest BCUT2D eigenvalue weighted by molar-refractivity contribution is 8.03. The first-order chi connectivity index (χ1) is 6.36. The van der Waals surface area contributed by atoms with Crippen molar-refractivity contribution in [1.29, 1.82) is 0 Å². The molecule has 0 atom stereocenters. The Morgan fingerprint density at radius 1 is 1.23 bits per heavy atom. The third kappa shape index (κ3) is 1.92. The molecule has 0 bridgehead atoms. The van der Waals surface area contributed by atoms with Crippen LogP contribution >= 0.6 is 11.8 Å². The molecule has 66 valence electrons. The summed E-state index contributed by atoms with van der Waals surface area (Å²) in [5.41, 5.74) is 0.947. The molecule has 1 aliphatic heterocycles. The van der Waals surface area contributed by atoms with Crippen LogP contribution in [0, 0.1) is 0 Å². The molecule has 0 aliphatic carbocycles. The minimum absolute atomic E-state index is 0.175. The van der Waals surface area contributed by atoms with E-state index in [-0.39, 0.29) is 5.97 Å². The van der Waals surface area contributed by atoms with Gasteiger partial charge in [0.1, 0.15) is 5.76 Å². The average molecular weight is 192 g/mol. The molecule has 2 nitrogen and oxygen atoms in total. The summed E-state index contributed by atoms with van der Waals surface area (Å²) < 4.78 is 5.07. The minimum Gasteiger partial charge on any atom is -0.425 e. The van der Waals surface area contributed by atoms with Crippen molar-refractivity contribution in [1.82, 2.24) is 0 Å². The quantitative estimate of drug-likeness (QED) is 0.638. The van der Waals surface area contributed by atoms with Crippen LogP contribution in [0.15, 0.2) is 35.7 Å². The molecular weight excluding hydrogens is 184 g/mol. The molecule has 0 aromatic heterocycles. The molecule has 0 amide bonds. The monoisotopic (exact) mass is 192 g/mol. The normalized spacial score (nSPS) is 16.3. The van der Waals surface area contributed by atoms with Crippen LogP contribution in [0.4, 0.5) is 0 Å². The molecule has 2 rings (SSSR count). The van der Waals surface area contributed by atoms with E-state index in [0.29, 0.717) is 11.5 Å². The third-order valence-electron chi connectivity index (χ3n) is 1.67. The number of esters is 1. The van der Waals surface area contributed by atoms with E-state index in [1.165, 1.54) is 11.8 Å². The lowest BCUT2D eigenvalue weighted by molar-refractivity contribution is -0.133. The Labute approximate surface area is 80.6 Å². The van der Waals surface area contributed by atoms with Gasteiger partial charge in [0.2, 0.25) is 0 Å². The van der Waals surface area contributed by atoms with Crippen LogP contribution in [0.2, 0.25) is 0 Å². The summed E-state index contributed by atoms with van der Waals surface area (Å²) in [5, 5.41) is 1.87. The van der Waals surface area contributed by atoms with Gasteiger partial charge in [0.15, 0.2) is 0 Å². The predicted octanol–water partition coefficient (Wildman–Crippen LogP) is 2.28. The Morgan fingerprint density at radius 2 is 2.00 bits per heavy atom. The molecule has 1 heterocycles. The third-order valence-corrected chi connectivity index (χ3v) is 2.46. The summed E-state index contributed by atoms with van der Waals surface area (Å²) in [4.78, 5) is 11.0. The van der Waals surface area contributed by atoms with E-state index in [9.17, 15) is 4.79 Å². The highest BCUT2D eigenvalue weighted by Crippen LogP contribution is 2.24. The summed E-state index contributed by atoms with van der Waals surface area (Å²) in [6, 6.07) is 9.62. The maximum Gasteiger partial charge on any atom is 0.321 e. The smallest absolute Gasteiger partial charge is 0.321 e. The van der Waals surface area contributed by atoms with E-state index in [4.69, 9.17) is 4.74 Å². The van der Waals surface area contributed by atoms with Crippen molar-refractivity contribution in [3.8, 4) is 0 Å². The first-order valence-electron chi connectivity index (χ1n) is 3.94. The number of hydrogen-bond donors (Lipinski definition) is 0. The zero-order valence-electron chi connectivity index (χ0n) is 6.90. The summed E-state index contributed by atoms with van der Waals surface area (Å²) >= 11 is 1.47. The van der Waals surface area contributed by atoms with Crippen LogP contribution in [0.5, 0.6) is 0 Å². The van der Waals surface area contributed by atoms with E-state index in [1.54, 1.807) is 0 Å². The highest BCUT2D eigenvalue weighted by atomic mass is 32.2. The molecule has 0 fully saturated rings. The standard InChI is InChI=1S/C10H8O2S/c11-10-7-13-6-9(12-10)8-4-2-1-3-5-8/h1-6H,7H2. The van der Waals surface area contributed by atoms with Crippen molar-refractivity contribution in [2.75, 3.05) is 5.75 Å². The van der Waals surface area contributed by atoms with Gasteiger partial charge in [-0.3, -0.25) is 4.79 Å². The molecule has 0 radical (unpaired) electrons. The number of thioether (sulfide) groups is 1. The lowest BCUT2D eigenvalue weighted by atomic mass is 10.2. The van der Waals surface area contributed by atoms with Crippen LogP contribution < -0.4 is 0 Å². The molecule has 1 aromatic rings. The van der Waals surface area contributed by atoms with Gasteiger partial charge in [-0.2, -0.15) is 0 Å². The molecule has 3 heteroatoms. The van der Waals surface area contributed by atoms with Gasteiger partial charge in [0.25, 0.3) is 0 Å². The second-order valence-corrected chi connectivity index (χ2v) is 3.49. The van der Waals surface area contributed by atoms with Crippen molar-refractivity contribution in [2.24, 2.45) is 0 Å². The van der Waals surface area contributed by atoms with Gasteiger partial charge in [0, 0.05) is 11.0 Å². The summed E-state index contributed by atoms with van der Waals surface area (Å²) in [6.45, 7) is 0. The van der Waals surface area contributed by atoms with E-state index < -0.39 is 0 Å². The van der Waals surface area contributed by atoms with Gasteiger partial charge in [-0.25, -0.2) is 0 Å². The van der Waals surface area contributed by atoms with Crippen LogP contribution in [0.1, 0.15) is 5.56 Å². The SMILES string of the molecule is O=C1CSC=C(c2ccccc2)O1. The van der Waals surface area contributed by atoms with E-state index in [2.05, 4.69) is 0 Å². The number of carbonyl (C=O) groups is 1. The molecule has 1 aromatic carbocycles. The Hall–Kier alpha value is -1.22. The number of benzene rings is 1. The van der Waals surface area contributed by atoms with Gasteiger partial charge in [-0.1, -0.05) is 30.3 Å². The first-order valence-corrected chi connectivity index (χ1v) is 4.99. The summed E-state index contributed by atoms with van der Waals surface area (Å²) in [7, 11) is 0. The van der Waals surface area contributed by atoms with Crippen LogP contribution in [-0.4, -0.2) is 11.7 Å². The fourth-order valence-electron chi connectivity index (χ4n) is 1.09. The highest BCUT2D eigenvalue weighted by Gasteiger charge is 2.13. The van der Waals surface area contributed by atoms with Gasteiger partial charge >= 0.3 is 5.97 Å². The van der Waals surface area contributed by atoms with Crippen LogP contribution in [-0.2, 0) is 9.53 Å². The van der Waals surface area contributed by atoms with Crippen LogP contribution in [0.3, 0.4) is 0 Å². The lowest BCUT2D eigenvalue weighted by Gasteiger charge is -2.12. The Bertz CT molecular complexity index is 343. The lowest BCUT2D eigenvalue weighted by Crippen LogP contribution is -2.09. The fourth-order valence-corrected chi connectivity index (χ4v) is 1.70. The van der Waals surface area contributed by atoms with Crippen molar-refractivity contribution < 1.29 is 9.53 Å². The fraction of sp³-hybridized carbons (Fsp3) is 0.100. The van der Waals surface area contributed by atoms with Crippen molar-refractivity contribution >= 4 is 23.5 Å². The maximum absolute atomic E-state index is 11.0. The maximum atomic E-state index is 11.0. The Kier molecular flexibility index (Phi) is 2.36. The summed E-state index contributed by atoms with van der Waals surface area (Å²) in [6.07, 6.45) is 0. The number of hydrogen-bond acceptors (Lipinski definition) is 3. The zero-order valence-corrected chi connectivity index (χ0v) is 7.71. The topological polar surface area (TPSA) is 26.3 Å². The molecule has 0 N–H and O–H groups in total. The van der Waals surface area contributed by atoms with E-state index >= 15 is 0 Å². The van der Waals surface area contributed by atoms with Crippen molar-refractivity contribution in [2.45, 2.75) is 0 Å². The average Bonchev–Trinajstić information content (AvgIpc) is 2.19. The molecule has 0 spiro atoms. The predicted molar refractivity (Wildman–Crippen MR) is 53.0 cm³/mol. The second-order valence-electron chi connectivity index (χ2n) is 2.63. The Morgan fingerprint density at radius 3 is 2.69 bits per heavy atom. The van der Waals surface area contributed by atoms with Crippen molar-refractivity contribution in [3.63, 3.8) is 0 Å². The zero-order chi connectivity index (χ0) is 9.10.